The van der Waals surface area contributed by atoms with Crippen LogP contribution >= 0.6 is 11.6 Å². The van der Waals surface area contributed by atoms with Gasteiger partial charge in [0.25, 0.3) is 0 Å². The van der Waals surface area contributed by atoms with E-state index < -0.39 is 0 Å². The standard InChI is InChI=1S/C19H21ClN4O/c20-14-8-6-12(7-9-14)15-11-22-19(21)23-17(15)16-5-2-10-24(16)18(25)13-3-1-4-13/h6-9,11,13,16H,1-5,10H2,(H2,21,22,23)/t16-/m0/s1. The fourth-order valence-electron chi connectivity index (χ4n) is 3.72. The number of carbonyl (C=O) groups excluding carboxylic acids is 1. The van der Waals surface area contributed by atoms with Crippen molar-refractivity contribution in [3.8, 4) is 11.1 Å². The van der Waals surface area contributed by atoms with Gasteiger partial charge in [0.2, 0.25) is 11.9 Å². The summed E-state index contributed by atoms with van der Waals surface area (Å²) in [6.45, 7) is 0.796. The highest BCUT2D eigenvalue weighted by Gasteiger charge is 2.37. The lowest BCUT2D eigenvalue weighted by atomic mass is 9.84. The molecule has 0 unspecified atom stereocenters. The molecule has 5 nitrogen and oxygen atoms in total. The number of nitrogens with two attached hydrogens (primary N) is 1. The van der Waals surface area contributed by atoms with Gasteiger partial charge >= 0.3 is 0 Å². The first kappa shape index (κ1) is 16.3. The van der Waals surface area contributed by atoms with Crippen LogP contribution in [0.5, 0.6) is 0 Å². The molecule has 0 spiro atoms. The average molecular weight is 357 g/mol. The third-order valence-corrected chi connectivity index (χ3v) is 5.55. The summed E-state index contributed by atoms with van der Waals surface area (Å²) in [6, 6.07) is 7.58. The summed E-state index contributed by atoms with van der Waals surface area (Å²) >= 11 is 6.01. The molecule has 2 aromatic rings. The SMILES string of the molecule is Nc1ncc(-c2ccc(Cl)cc2)c([C@@H]2CCCN2C(=O)C2CCC2)n1. The molecule has 130 valence electrons. The minimum absolute atomic E-state index is 0.0240. The van der Waals surface area contributed by atoms with Crippen molar-refractivity contribution in [2.24, 2.45) is 5.92 Å². The van der Waals surface area contributed by atoms with Crippen LogP contribution in [0.25, 0.3) is 11.1 Å². The maximum absolute atomic E-state index is 12.8. The zero-order valence-electron chi connectivity index (χ0n) is 14.0. The number of aromatic nitrogens is 2. The molecule has 25 heavy (non-hydrogen) atoms. The molecule has 2 N–H and O–H groups in total. The van der Waals surface area contributed by atoms with E-state index in [2.05, 4.69) is 9.97 Å². The van der Waals surface area contributed by atoms with Gasteiger partial charge in [-0.05, 0) is 43.4 Å². The maximum Gasteiger partial charge on any atom is 0.226 e. The van der Waals surface area contributed by atoms with Crippen molar-refractivity contribution < 1.29 is 4.79 Å². The van der Waals surface area contributed by atoms with E-state index in [9.17, 15) is 4.79 Å². The Balaban J connectivity index is 1.72. The molecule has 2 heterocycles. The lowest BCUT2D eigenvalue weighted by Gasteiger charge is -2.33. The molecule has 1 atom stereocenters. The van der Waals surface area contributed by atoms with Crippen LogP contribution in [0.1, 0.15) is 43.8 Å². The van der Waals surface area contributed by atoms with Gasteiger partial charge in [-0.1, -0.05) is 30.2 Å². The minimum Gasteiger partial charge on any atom is -0.368 e. The average Bonchev–Trinajstić information content (AvgIpc) is 3.03. The lowest BCUT2D eigenvalue weighted by molar-refractivity contribution is -0.139. The molecule has 0 bridgehead atoms. The minimum atomic E-state index is -0.0240. The summed E-state index contributed by atoms with van der Waals surface area (Å²) in [7, 11) is 0. The van der Waals surface area contributed by atoms with Crippen molar-refractivity contribution in [2.75, 3.05) is 12.3 Å². The van der Waals surface area contributed by atoms with Crippen LogP contribution in [0.2, 0.25) is 5.02 Å². The zero-order valence-corrected chi connectivity index (χ0v) is 14.7. The molecular weight excluding hydrogens is 336 g/mol. The van der Waals surface area contributed by atoms with E-state index in [4.69, 9.17) is 17.3 Å². The van der Waals surface area contributed by atoms with Gasteiger partial charge in [-0.25, -0.2) is 9.97 Å². The summed E-state index contributed by atoms with van der Waals surface area (Å²) in [5, 5.41) is 0.685. The summed E-state index contributed by atoms with van der Waals surface area (Å²) < 4.78 is 0. The predicted molar refractivity (Wildman–Crippen MR) is 97.9 cm³/mol. The number of likely N-dealkylation sites (tertiary alicyclic amines) is 1. The van der Waals surface area contributed by atoms with Gasteiger partial charge in [-0.3, -0.25) is 4.79 Å². The Morgan fingerprint density at radius 1 is 1.16 bits per heavy atom. The zero-order chi connectivity index (χ0) is 17.4. The number of benzene rings is 1. The highest BCUT2D eigenvalue weighted by atomic mass is 35.5. The third-order valence-electron chi connectivity index (χ3n) is 5.30. The van der Waals surface area contributed by atoms with Crippen LogP contribution in [0.3, 0.4) is 0 Å². The third kappa shape index (κ3) is 3.09. The number of halogens is 1. The van der Waals surface area contributed by atoms with Crippen molar-refractivity contribution in [3.63, 3.8) is 0 Å². The first-order valence-corrected chi connectivity index (χ1v) is 9.20. The second-order valence-electron chi connectivity index (χ2n) is 6.85. The quantitative estimate of drug-likeness (QED) is 0.906. The Hall–Kier alpha value is -2.14. The highest BCUT2D eigenvalue weighted by molar-refractivity contribution is 6.30. The van der Waals surface area contributed by atoms with Gasteiger partial charge in [0, 0.05) is 29.2 Å². The van der Waals surface area contributed by atoms with Crippen molar-refractivity contribution >= 4 is 23.5 Å². The Kier molecular flexibility index (Phi) is 4.34. The molecule has 6 heteroatoms. The molecule has 4 rings (SSSR count). The number of carbonyl (C=O) groups is 1. The first-order valence-electron chi connectivity index (χ1n) is 8.82. The van der Waals surface area contributed by atoms with Crippen LogP contribution in [0.4, 0.5) is 5.95 Å². The van der Waals surface area contributed by atoms with Crippen molar-refractivity contribution in [1.82, 2.24) is 14.9 Å². The highest BCUT2D eigenvalue weighted by Crippen LogP contribution is 2.39. The molecular formula is C19H21ClN4O. The van der Waals surface area contributed by atoms with E-state index in [1.54, 1.807) is 6.20 Å². The van der Waals surface area contributed by atoms with E-state index in [-0.39, 0.29) is 23.8 Å². The summed E-state index contributed by atoms with van der Waals surface area (Å²) in [4.78, 5) is 23.5. The van der Waals surface area contributed by atoms with Gasteiger partial charge in [-0.15, -0.1) is 0 Å². The largest absolute Gasteiger partial charge is 0.368 e. The van der Waals surface area contributed by atoms with Crippen molar-refractivity contribution in [2.45, 2.75) is 38.1 Å². The predicted octanol–water partition coefficient (Wildman–Crippen LogP) is 3.84. The maximum atomic E-state index is 12.8. The Labute approximate surface area is 152 Å². The summed E-state index contributed by atoms with van der Waals surface area (Å²) in [5.74, 6) is 0.711. The smallest absolute Gasteiger partial charge is 0.226 e. The molecule has 1 aliphatic heterocycles. The first-order chi connectivity index (χ1) is 12.1. The van der Waals surface area contributed by atoms with Crippen LogP contribution < -0.4 is 5.73 Å². The molecule has 2 aliphatic rings. The van der Waals surface area contributed by atoms with Crippen molar-refractivity contribution in [3.05, 3.63) is 41.2 Å². The van der Waals surface area contributed by atoms with Gasteiger partial charge < -0.3 is 10.6 Å². The van der Waals surface area contributed by atoms with E-state index in [1.807, 2.05) is 29.2 Å². The summed E-state index contributed by atoms with van der Waals surface area (Å²) in [5.41, 5.74) is 8.63. The molecule has 1 aliphatic carbocycles. The second-order valence-corrected chi connectivity index (χ2v) is 7.29. The monoisotopic (exact) mass is 356 g/mol. The molecule has 1 amide bonds. The van der Waals surface area contributed by atoms with Crippen molar-refractivity contribution in [1.29, 1.82) is 0 Å². The molecule has 1 saturated heterocycles. The number of nitrogen functional groups attached to an aromatic ring is 1. The van der Waals surface area contributed by atoms with Crippen LogP contribution in [-0.2, 0) is 4.79 Å². The topological polar surface area (TPSA) is 72.1 Å². The van der Waals surface area contributed by atoms with E-state index >= 15 is 0 Å². The van der Waals surface area contributed by atoms with Gasteiger partial charge in [0.15, 0.2) is 0 Å². The summed E-state index contributed by atoms with van der Waals surface area (Å²) in [6.07, 6.45) is 6.84. The Bertz CT molecular complexity index is 789. The molecule has 1 aromatic carbocycles. The van der Waals surface area contributed by atoms with Crippen LogP contribution in [0, 0.1) is 5.92 Å². The van der Waals surface area contributed by atoms with Gasteiger partial charge in [-0.2, -0.15) is 0 Å². The fraction of sp³-hybridized carbons (Fsp3) is 0.421. The molecule has 2 fully saturated rings. The van der Waals surface area contributed by atoms with Gasteiger partial charge in [0.05, 0.1) is 11.7 Å². The Morgan fingerprint density at radius 2 is 1.92 bits per heavy atom. The number of hydrogen-bond acceptors (Lipinski definition) is 4. The van der Waals surface area contributed by atoms with Crippen LogP contribution in [0.15, 0.2) is 30.5 Å². The number of anilines is 1. The number of nitrogens with zero attached hydrogens (tertiary/aromatic N) is 3. The molecule has 1 saturated carbocycles. The van der Waals surface area contributed by atoms with Crippen LogP contribution in [-0.4, -0.2) is 27.3 Å². The molecule has 1 aromatic heterocycles. The van der Waals surface area contributed by atoms with E-state index in [0.717, 1.165) is 55.5 Å². The molecule has 0 radical (unpaired) electrons. The second kappa shape index (κ2) is 6.64. The van der Waals surface area contributed by atoms with E-state index in [0.29, 0.717) is 5.02 Å². The fourth-order valence-corrected chi connectivity index (χ4v) is 3.85. The van der Waals surface area contributed by atoms with E-state index in [1.165, 1.54) is 0 Å². The number of amides is 1. The van der Waals surface area contributed by atoms with Gasteiger partial charge in [0.1, 0.15) is 0 Å². The number of hydrogen-bond donors (Lipinski definition) is 1. The lowest BCUT2D eigenvalue weighted by Crippen LogP contribution is -2.38. The Morgan fingerprint density at radius 3 is 2.60 bits per heavy atom. The normalized spacial score (nSPS) is 20.5. The number of rotatable bonds is 3.